The van der Waals surface area contributed by atoms with E-state index in [9.17, 15) is 4.79 Å². The molecule has 0 bridgehead atoms. The molecule has 24 heavy (non-hydrogen) atoms. The van der Waals surface area contributed by atoms with E-state index < -0.39 is 0 Å². The van der Waals surface area contributed by atoms with Crippen LogP contribution in [0.4, 0.5) is 5.69 Å². The first-order valence-electron chi connectivity index (χ1n) is 8.78. The number of benzene rings is 2. The Kier molecular flexibility index (Phi) is 5.19. The van der Waals surface area contributed by atoms with Crippen molar-refractivity contribution < 1.29 is 4.79 Å². The van der Waals surface area contributed by atoms with E-state index in [1.54, 1.807) is 0 Å². The van der Waals surface area contributed by atoms with Gasteiger partial charge in [-0.05, 0) is 30.0 Å². The highest BCUT2D eigenvalue weighted by Gasteiger charge is 2.23. The molecule has 1 heterocycles. The lowest BCUT2D eigenvalue weighted by Gasteiger charge is -2.37. The molecule has 126 valence electrons. The second-order valence-corrected chi connectivity index (χ2v) is 6.67. The number of piperazine rings is 1. The molecular formula is C21H26N2O. The van der Waals surface area contributed by atoms with Gasteiger partial charge in [-0.2, -0.15) is 0 Å². The van der Waals surface area contributed by atoms with Crippen LogP contribution in [0, 0.1) is 6.92 Å². The normalized spacial score (nSPS) is 16.1. The lowest BCUT2D eigenvalue weighted by Crippen LogP contribution is -2.49. The van der Waals surface area contributed by atoms with Gasteiger partial charge in [0.25, 0.3) is 0 Å². The number of nitrogens with zero attached hydrogens (tertiary/aromatic N) is 2. The molecule has 1 aliphatic heterocycles. The third-order valence-electron chi connectivity index (χ3n) is 4.94. The zero-order valence-electron chi connectivity index (χ0n) is 14.6. The van der Waals surface area contributed by atoms with Gasteiger partial charge in [0.2, 0.25) is 5.91 Å². The Balaban J connectivity index is 1.55. The van der Waals surface area contributed by atoms with Crippen LogP contribution in [-0.4, -0.2) is 37.0 Å². The van der Waals surface area contributed by atoms with Crippen LogP contribution in [0.1, 0.15) is 30.4 Å². The predicted octanol–water partition coefficient (Wildman–Crippen LogP) is 3.84. The summed E-state index contributed by atoms with van der Waals surface area (Å²) in [6, 6.07) is 18.8. The SMILES string of the molecule is Cc1ccccc1N1CCN(C(=O)CC(C)c2ccccc2)CC1. The predicted molar refractivity (Wildman–Crippen MR) is 99.4 cm³/mol. The third-order valence-corrected chi connectivity index (χ3v) is 4.94. The van der Waals surface area contributed by atoms with Gasteiger partial charge in [-0.25, -0.2) is 0 Å². The average molecular weight is 322 g/mol. The summed E-state index contributed by atoms with van der Waals surface area (Å²) in [5.41, 5.74) is 3.83. The molecule has 1 aliphatic rings. The summed E-state index contributed by atoms with van der Waals surface area (Å²) in [6.07, 6.45) is 0.592. The fourth-order valence-electron chi connectivity index (χ4n) is 3.41. The van der Waals surface area contributed by atoms with Gasteiger partial charge < -0.3 is 9.80 Å². The van der Waals surface area contributed by atoms with Crippen molar-refractivity contribution in [1.29, 1.82) is 0 Å². The summed E-state index contributed by atoms with van der Waals surface area (Å²) in [6.45, 7) is 7.74. The molecule has 0 radical (unpaired) electrons. The van der Waals surface area contributed by atoms with Crippen LogP contribution in [0.2, 0.25) is 0 Å². The number of hydrogen-bond acceptors (Lipinski definition) is 2. The molecule has 0 aliphatic carbocycles. The molecule has 1 unspecified atom stereocenters. The Morgan fingerprint density at radius 3 is 2.25 bits per heavy atom. The summed E-state index contributed by atoms with van der Waals surface area (Å²) >= 11 is 0. The van der Waals surface area contributed by atoms with E-state index in [0.717, 1.165) is 26.2 Å². The topological polar surface area (TPSA) is 23.6 Å². The number of aryl methyl sites for hydroxylation is 1. The molecule has 1 atom stereocenters. The smallest absolute Gasteiger partial charge is 0.223 e. The second kappa shape index (κ2) is 7.52. The van der Waals surface area contributed by atoms with Gasteiger partial charge in [0, 0.05) is 38.3 Å². The standard InChI is InChI=1S/C21H26N2O/c1-17-8-6-7-11-20(17)22-12-14-23(15-13-22)21(24)16-18(2)19-9-4-3-5-10-19/h3-11,18H,12-16H2,1-2H3. The molecule has 0 N–H and O–H groups in total. The van der Waals surface area contributed by atoms with Crippen LogP contribution < -0.4 is 4.90 Å². The number of hydrogen-bond donors (Lipinski definition) is 0. The summed E-state index contributed by atoms with van der Waals surface area (Å²) in [5.74, 6) is 0.545. The minimum atomic E-state index is 0.271. The summed E-state index contributed by atoms with van der Waals surface area (Å²) < 4.78 is 0. The molecule has 2 aromatic rings. The molecule has 1 saturated heterocycles. The van der Waals surface area contributed by atoms with Gasteiger partial charge in [0.15, 0.2) is 0 Å². The highest BCUT2D eigenvalue weighted by Crippen LogP contribution is 2.23. The number of amides is 1. The van der Waals surface area contributed by atoms with Crippen LogP contribution in [0.15, 0.2) is 54.6 Å². The molecule has 0 saturated carbocycles. The van der Waals surface area contributed by atoms with Crippen LogP contribution in [0.5, 0.6) is 0 Å². The zero-order chi connectivity index (χ0) is 16.9. The Labute approximate surface area is 144 Å². The molecule has 2 aromatic carbocycles. The Hall–Kier alpha value is -2.29. The maximum absolute atomic E-state index is 12.6. The molecule has 1 fully saturated rings. The van der Waals surface area contributed by atoms with Crippen molar-refractivity contribution >= 4 is 11.6 Å². The maximum Gasteiger partial charge on any atom is 0.223 e. The lowest BCUT2D eigenvalue weighted by atomic mass is 9.97. The Morgan fingerprint density at radius 1 is 0.958 bits per heavy atom. The van der Waals surface area contributed by atoms with Crippen molar-refractivity contribution in [2.45, 2.75) is 26.2 Å². The average Bonchev–Trinajstić information content (AvgIpc) is 2.63. The van der Waals surface area contributed by atoms with E-state index in [4.69, 9.17) is 0 Å². The van der Waals surface area contributed by atoms with E-state index in [2.05, 4.69) is 55.1 Å². The van der Waals surface area contributed by atoms with Crippen LogP contribution in [0.3, 0.4) is 0 Å². The monoisotopic (exact) mass is 322 g/mol. The number of anilines is 1. The van der Waals surface area contributed by atoms with Gasteiger partial charge >= 0.3 is 0 Å². The first-order valence-corrected chi connectivity index (χ1v) is 8.78. The van der Waals surface area contributed by atoms with Crippen molar-refractivity contribution in [2.24, 2.45) is 0 Å². The molecule has 3 heteroatoms. The number of para-hydroxylation sites is 1. The number of rotatable bonds is 4. The summed E-state index contributed by atoms with van der Waals surface area (Å²) in [5, 5.41) is 0. The van der Waals surface area contributed by atoms with Crippen LogP contribution in [0.25, 0.3) is 0 Å². The van der Waals surface area contributed by atoms with E-state index in [-0.39, 0.29) is 11.8 Å². The van der Waals surface area contributed by atoms with Gasteiger partial charge in [0.1, 0.15) is 0 Å². The summed E-state index contributed by atoms with van der Waals surface area (Å²) in [7, 11) is 0. The van der Waals surface area contributed by atoms with Crippen molar-refractivity contribution in [3.8, 4) is 0 Å². The van der Waals surface area contributed by atoms with Crippen molar-refractivity contribution in [1.82, 2.24) is 4.90 Å². The Bertz CT molecular complexity index is 675. The van der Waals surface area contributed by atoms with E-state index >= 15 is 0 Å². The fourth-order valence-corrected chi connectivity index (χ4v) is 3.41. The first kappa shape index (κ1) is 16.6. The van der Waals surface area contributed by atoms with Crippen molar-refractivity contribution in [3.63, 3.8) is 0 Å². The largest absolute Gasteiger partial charge is 0.368 e. The van der Waals surface area contributed by atoms with Gasteiger partial charge in [-0.15, -0.1) is 0 Å². The maximum atomic E-state index is 12.6. The highest BCUT2D eigenvalue weighted by molar-refractivity contribution is 5.77. The van der Waals surface area contributed by atoms with E-state index in [1.165, 1.54) is 16.8 Å². The molecule has 3 rings (SSSR count). The van der Waals surface area contributed by atoms with Crippen LogP contribution >= 0.6 is 0 Å². The minimum Gasteiger partial charge on any atom is -0.368 e. The molecule has 3 nitrogen and oxygen atoms in total. The van der Waals surface area contributed by atoms with Gasteiger partial charge in [-0.3, -0.25) is 4.79 Å². The van der Waals surface area contributed by atoms with Gasteiger partial charge in [0.05, 0.1) is 0 Å². The highest BCUT2D eigenvalue weighted by atomic mass is 16.2. The van der Waals surface area contributed by atoms with E-state index in [1.807, 2.05) is 23.1 Å². The van der Waals surface area contributed by atoms with Gasteiger partial charge in [-0.1, -0.05) is 55.5 Å². The zero-order valence-corrected chi connectivity index (χ0v) is 14.6. The second-order valence-electron chi connectivity index (χ2n) is 6.67. The fraction of sp³-hybridized carbons (Fsp3) is 0.381. The number of carbonyl (C=O) groups is 1. The Morgan fingerprint density at radius 2 is 1.58 bits per heavy atom. The minimum absolute atomic E-state index is 0.271. The molecular weight excluding hydrogens is 296 g/mol. The van der Waals surface area contributed by atoms with E-state index in [0.29, 0.717) is 6.42 Å². The summed E-state index contributed by atoms with van der Waals surface area (Å²) in [4.78, 5) is 17.0. The molecule has 0 spiro atoms. The first-order chi connectivity index (χ1) is 11.6. The van der Waals surface area contributed by atoms with Crippen molar-refractivity contribution in [2.75, 3.05) is 31.1 Å². The van der Waals surface area contributed by atoms with Crippen LogP contribution in [-0.2, 0) is 4.79 Å². The molecule has 1 amide bonds. The quantitative estimate of drug-likeness (QED) is 0.854. The van der Waals surface area contributed by atoms with Crippen molar-refractivity contribution in [3.05, 3.63) is 65.7 Å². The molecule has 0 aromatic heterocycles. The lowest BCUT2D eigenvalue weighted by molar-refractivity contribution is -0.131. The number of carbonyl (C=O) groups excluding carboxylic acids is 1. The third kappa shape index (κ3) is 3.78.